The first kappa shape index (κ1) is 27.0. The van der Waals surface area contributed by atoms with Crippen LogP contribution in [0, 0.1) is 5.92 Å². The van der Waals surface area contributed by atoms with Crippen molar-refractivity contribution in [3.8, 4) is 0 Å². The quantitative estimate of drug-likeness (QED) is 0.474. The summed E-state index contributed by atoms with van der Waals surface area (Å²) in [5.74, 6) is -1.27. The first-order chi connectivity index (χ1) is 17.4. The molecular formula is C29H35ClN2O5. The van der Waals surface area contributed by atoms with Crippen LogP contribution in [0.15, 0.2) is 54.6 Å². The Labute approximate surface area is 223 Å². The van der Waals surface area contributed by atoms with E-state index < -0.39 is 35.3 Å². The van der Waals surface area contributed by atoms with E-state index in [4.69, 9.17) is 21.1 Å². The molecule has 198 valence electrons. The van der Waals surface area contributed by atoms with E-state index in [2.05, 4.69) is 0 Å². The molecule has 0 saturated carbocycles. The Morgan fingerprint density at radius 2 is 1.76 bits per heavy atom. The summed E-state index contributed by atoms with van der Waals surface area (Å²) in [6.07, 6.45) is 0.0379. The molecule has 0 bridgehead atoms. The number of imide groups is 1. The summed E-state index contributed by atoms with van der Waals surface area (Å²) in [5, 5.41) is 0.554. The van der Waals surface area contributed by atoms with E-state index in [1.165, 1.54) is 4.90 Å². The van der Waals surface area contributed by atoms with Gasteiger partial charge in [-0.05, 0) is 76.6 Å². The number of hydrogen-bond acceptors (Lipinski definition) is 5. The smallest absolute Gasteiger partial charge is 0.417 e. The molecule has 1 unspecified atom stereocenters. The maximum Gasteiger partial charge on any atom is 0.417 e. The minimum atomic E-state index is -0.707. The zero-order valence-electron chi connectivity index (χ0n) is 22.1. The second kappa shape index (κ2) is 10.4. The third-order valence-corrected chi connectivity index (χ3v) is 7.54. The van der Waals surface area contributed by atoms with Crippen molar-refractivity contribution in [1.29, 1.82) is 0 Å². The summed E-state index contributed by atoms with van der Waals surface area (Å²) in [6.45, 7) is 9.99. The number of carbonyl (C=O) groups excluding carboxylic acids is 3. The van der Waals surface area contributed by atoms with Gasteiger partial charge in [-0.3, -0.25) is 4.79 Å². The number of cyclic esters (lactones) is 1. The Hall–Kier alpha value is -3.06. The summed E-state index contributed by atoms with van der Waals surface area (Å²) < 4.78 is 11.0. The molecule has 2 aliphatic heterocycles. The molecule has 0 spiro atoms. The summed E-state index contributed by atoms with van der Waals surface area (Å²) in [7, 11) is 0. The monoisotopic (exact) mass is 526 g/mol. The molecule has 0 aromatic heterocycles. The molecule has 3 amide bonds. The van der Waals surface area contributed by atoms with Crippen LogP contribution in [-0.4, -0.2) is 58.2 Å². The van der Waals surface area contributed by atoms with Gasteiger partial charge >= 0.3 is 12.2 Å². The van der Waals surface area contributed by atoms with Crippen molar-refractivity contribution in [3.63, 3.8) is 0 Å². The van der Waals surface area contributed by atoms with E-state index in [0.717, 1.165) is 11.1 Å². The Bertz CT molecular complexity index is 1140. The molecule has 2 fully saturated rings. The number of ether oxygens (including phenoxy) is 2. The molecule has 7 nitrogen and oxygen atoms in total. The molecule has 2 aromatic carbocycles. The van der Waals surface area contributed by atoms with Crippen LogP contribution in [0.4, 0.5) is 9.59 Å². The number of carbonyl (C=O) groups is 3. The fourth-order valence-corrected chi connectivity index (χ4v) is 5.59. The van der Waals surface area contributed by atoms with Gasteiger partial charge in [-0.15, -0.1) is 0 Å². The third-order valence-electron chi connectivity index (χ3n) is 7.29. The molecule has 0 N–H and O–H groups in total. The lowest BCUT2D eigenvalue weighted by Gasteiger charge is -2.40. The van der Waals surface area contributed by atoms with Gasteiger partial charge in [0.2, 0.25) is 5.91 Å². The Kier molecular flexibility index (Phi) is 7.56. The number of halogens is 1. The predicted molar refractivity (Wildman–Crippen MR) is 141 cm³/mol. The molecule has 2 aromatic rings. The number of nitrogens with zero attached hydrogens (tertiary/aromatic N) is 2. The van der Waals surface area contributed by atoms with Crippen LogP contribution in [0.2, 0.25) is 5.02 Å². The lowest BCUT2D eigenvalue weighted by molar-refractivity contribution is -0.133. The van der Waals surface area contributed by atoms with Crippen LogP contribution in [-0.2, 0) is 20.7 Å². The highest BCUT2D eigenvalue weighted by Crippen LogP contribution is 2.45. The van der Waals surface area contributed by atoms with Gasteiger partial charge in [0.1, 0.15) is 12.2 Å². The first-order valence-corrected chi connectivity index (χ1v) is 13.1. The van der Waals surface area contributed by atoms with Crippen molar-refractivity contribution in [2.75, 3.05) is 13.2 Å². The average molecular weight is 527 g/mol. The number of benzene rings is 2. The Balaban J connectivity index is 1.68. The highest BCUT2D eigenvalue weighted by atomic mass is 35.5. The van der Waals surface area contributed by atoms with Crippen molar-refractivity contribution in [2.24, 2.45) is 5.92 Å². The molecule has 8 heteroatoms. The van der Waals surface area contributed by atoms with Gasteiger partial charge in [-0.1, -0.05) is 54.1 Å². The first-order valence-electron chi connectivity index (χ1n) is 12.7. The summed E-state index contributed by atoms with van der Waals surface area (Å²) in [6, 6.07) is 16.5. The highest BCUT2D eigenvalue weighted by molar-refractivity contribution is 6.30. The average Bonchev–Trinajstić information content (AvgIpc) is 3.33. The maximum absolute atomic E-state index is 14.3. The summed E-state index contributed by atoms with van der Waals surface area (Å²) in [5.41, 5.74) is 0.419. The van der Waals surface area contributed by atoms with Crippen molar-refractivity contribution < 1.29 is 23.9 Å². The number of amides is 3. The summed E-state index contributed by atoms with van der Waals surface area (Å²) >= 11 is 6.16. The van der Waals surface area contributed by atoms with Gasteiger partial charge in [-0.25, -0.2) is 14.5 Å². The van der Waals surface area contributed by atoms with Crippen molar-refractivity contribution in [1.82, 2.24) is 9.80 Å². The van der Waals surface area contributed by atoms with Crippen molar-refractivity contribution >= 4 is 29.7 Å². The van der Waals surface area contributed by atoms with Crippen molar-refractivity contribution in [3.05, 3.63) is 70.7 Å². The number of hydrogen-bond donors (Lipinski definition) is 0. The zero-order chi connectivity index (χ0) is 27.0. The van der Waals surface area contributed by atoms with Crippen LogP contribution in [0.5, 0.6) is 0 Å². The fraction of sp³-hybridized carbons (Fsp3) is 0.483. The van der Waals surface area contributed by atoms with E-state index in [1.807, 2.05) is 77.1 Å². The molecule has 2 aliphatic rings. The molecule has 3 atom stereocenters. The largest absolute Gasteiger partial charge is 0.447 e. The molecular weight excluding hydrogens is 492 g/mol. The van der Waals surface area contributed by atoms with E-state index in [1.54, 1.807) is 17.0 Å². The van der Waals surface area contributed by atoms with Crippen LogP contribution < -0.4 is 0 Å². The van der Waals surface area contributed by atoms with E-state index in [-0.39, 0.29) is 18.4 Å². The fourth-order valence-electron chi connectivity index (χ4n) is 5.46. The molecule has 0 radical (unpaired) electrons. The minimum Gasteiger partial charge on any atom is -0.447 e. The zero-order valence-corrected chi connectivity index (χ0v) is 22.8. The minimum absolute atomic E-state index is 0.144. The maximum atomic E-state index is 14.3. The highest BCUT2D eigenvalue weighted by Gasteiger charge is 2.53. The van der Waals surface area contributed by atoms with Gasteiger partial charge in [0, 0.05) is 17.1 Å². The Morgan fingerprint density at radius 1 is 1.11 bits per heavy atom. The van der Waals surface area contributed by atoms with Gasteiger partial charge in [0.25, 0.3) is 0 Å². The molecule has 4 rings (SSSR count). The second-order valence-electron chi connectivity index (χ2n) is 11.3. The van der Waals surface area contributed by atoms with Crippen LogP contribution in [0.3, 0.4) is 0 Å². The van der Waals surface area contributed by atoms with Gasteiger partial charge in [0.15, 0.2) is 0 Å². The molecule has 2 heterocycles. The third kappa shape index (κ3) is 5.77. The van der Waals surface area contributed by atoms with Crippen LogP contribution in [0.25, 0.3) is 0 Å². The van der Waals surface area contributed by atoms with Crippen LogP contribution >= 0.6 is 11.6 Å². The topological polar surface area (TPSA) is 76.2 Å². The van der Waals surface area contributed by atoms with Crippen molar-refractivity contribution in [2.45, 2.75) is 70.6 Å². The number of likely N-dealkylation sites (tertiary alicyclic amines) is 1. The standard InChI is InChI=1S/C29H35ClN2O5/c1-28(2,3)37-26(34)31-16-15-23(29(31,4)5)24(20-11-13-21(30)14-12-20)25(33)32-22(18-36-27(32)35)17-19-9-7-6-8-10-19/h6-14,22-24H,15-18H2,1-5H3/t22-,23?,24-/m1/s1. The van der Waals surface area contributed by atoms with Gasteiger partial charge in [-0.2, -0.15) is 0 Å². The van der Waals surface area contributed by atoms with Gasteiger partial charge < -0.3 is 14.4 Å². The summed E-state index contributed by atoms with van der Waals surface area (Å²) in [4.78, 5) is 43.2. The molecule has 37 heavy (non-hydrogen) atoms. The van der Waals surface area contributed by atoms with Crippen LogP contribution in [0.1, 0.15) is 58.1 Å². The normalized spacial score (nSPS) is 22.1. The van der Waals surface area contributed by atoms with E-state index in [9.17, 15) is 14.4 Å². The number of rotatable bonds is 5. The predicted octanol–water partition coefficient (Wildman–Crippen LogP) is 6.05. The van der Waals surface area contributed by atoms with Gasteiger partial charge in [0.05, 0.1) is 12.0 Å². The molecule has 2 saturated heterocycles. The SMILES string of the molecule is CC(C)(C)OC(=O)N1CCC([C@H](C(=O)N2C(=O)OC[C@H]2Cc2ccccc2)c2ccc(Cl)cc2)C1(C)C. The van der Waals surface area contributed by atoms with E-state index in [0.29, 0.717) is 24.4 Å². The Morgan fingerprint density at radius 3 is 2.38 bits per heavy atom. The molecule has 0 aliphatic carbocycles. The van der Waals surface area contributed by atoms with E-state index >= 15 is 0 Å². The lowest BCUT2D eigenvalue weighted by Crippen LogP contribution is -2.52. The second-order valence-corrected chi connectivity index (χ2v) is 11.8. The lowest BCUT2D eigenvalue weighted by atomic mass is 9.74.